The summed E-state index contributed by atoms with van der Waals surface area (Å²) in [6.45, 7) is 12.3. The zero-order valence-corrected chi connectivity index (χ0v) is 18.0. The molecule has 1 saturated heterocycles. The van der Waals surface area contributed by atoms with Gasteiger partial charge in [-0.15, -0.1) is 0 Å². The minimum Gasteiger partial charge on any atom is -0.444 e. The predicted octanol–water partition coefficient (Wildman–Crippen LogP) is 4.61. The molecule has 1 heterocycles. The van der Waals surface area contributed by atoms with Gasteiger partial charge in [-0.05, 0) is 45.4 Å². The van der Waals surface area contributed by atoms with E-state index < -0.39 is 5.60 Å². The molecule has 1 fully saturated rings. The lowest BCUT2D eigenvalue weighted by Gasteiger charge is -2.46. The predicted molar refractivity (Wildman–Crippen MR) is 106 cm³/mol. The molecule has 1 aromatic carbocycles. The normalized spacial score (nSPS) is 21.1. The van der Waals surface area contributed by atoms with Gasteiger partial charge in [0, 0.05) is 29.5 Å². The van der Waals surface area contributed by atoms with Crippen LogP contribution in [0.5, 0.6) is 0 Å². The second-order valence-corrected chi connectivity index (χ2v) is 9.11. The summed E-state index contributed by atoms with van der Waals surface area (Å²) in [5.74, 6) is 0.0371. The lowest BCUT2D eigenvalue weighted by atomic mass is 9.98. The first-order valence-electron chi connectivity index (χ1n) is 9.05. The molecule has 1 aliphatic heterocycles. The number of amides is 2. The molecular formula is C20H29BrN2O3. The molecule has 5 nitrogen and oxygen atoms in total. The number of carbonyl (C=O) groups excluding carboxylic acids is 2. The van der Waals surface area contributed by atoms with Crippen molar-refractivity contribution >= 4 is 27.9 Å². The van der Waals surface area contributed by atoms with Gasteiger partial charge in [-0.25, -0.2) is 4.79 Å². The van der Waals surface area contributed by atoms with Gasteiger partial charge in [0.1, 0.15) is 5.60 Å². The third-order valence-electron chi connectivity index (χ3n) is 4.38. The summed E-state index contributed by atoms with van der Waals surface area (Å²) in [6, 6.07) is 7.59. The molecule has 2 atom stereocenters. The summed E-state index contributed by atoms with van der Waals surface area (Å²) in [5, 5.41) is 0. The largest absolute Gasteiger partial charge is 0.444 e. The molecule has 0 spiro atoms. The number of rotatable bonds is 2. The molecule has 0 N–H and O–H groups in total. The van der Waals surface area contributed by atoms with E-state index in [2.05, 4.69) is 15.9 Å². The first-order valence-corrected chi connectivity index (χ1v) is 9.84. The maximum atomic E-state index is 12.8. The summed E-state index contributed by atoms with van der Waals surface area (Å²) in [6.07, 6.45) is -0.342. The Morgan fingerprint density at radius 3 is 2.38 bits per heavy atom. The van der Waals surface area contributed by atoms with Crippen molar-refractivity contribution in [3.8, 4) is 0 Å². The molecule has 0 radical (unpaired) electrons. The number of halogens is 1. The van der Waals surface area contributed by atoms with Crippen molar-refractivity contribution in [2.75, 3.05) is 13.1 Å². The number of ether oxygens (including phenoxy) is 1. The monoisotopic (exact) mass is 424 g/mol. The van der Waals surface area contributed by atoms with Gasteiger partial charge < -0.3 is 9.64 Å². The van der Waals surface area contributed by atoms with E-state index in [0.29, 0.717) is 13.1 Å². The average Bonchev–Trinajstić information content (AvgIpc) is 2.52. The lowest BCUT2D eigenvalue weighted by molar-refractivity contribution is -0.140. The van der Waals surface area contributed by atoms with Crippen molar-refractivity contribution < 1.29 is 14.3 Å². The van der Waals surface area contributed by atoms with E-state index >= 15 is 0 Å². The van der Waals surface area contributed by atoms with Gasteiger partial charge in [0.05, 0.1) is 6.04 Å². The lowest BCUT2D eigenvalue weighted by Crippen LogP contribution is -2.58. The van der Waals surface area contributed by atoms with Crippen LogP contribution in [0.1, 0.15) is 53.1 Å². The highest BCUT2D eigenvalue weighted by Gasteiger charge is 2.39. The van der Waals surface area contributed by atoms with Crippen LogP contribution in [0.4, 0.5) is 4.79 Å². The summed E-state index contributed by atoms with van der Waals surface area (Å²) in [7, 11) is 0. The SMILES string of the molecule is CC(C)C(=O)N1C[C@H](c2cccc(Br)c2)N(C(=O)OC(C)(C)C)C[C@H]1C. The molecule has 0 bridgehead atoms. The standard InChI is InChI=1S/C20H29BrN2O3/c1-13(2)18(24)22-12-17(15-8-7-9-16(21)10-15)23(11-14(22)3)19(25)26-20(4,5)6/h7-10,13-14,17H,11-12H2,1-6H3/t14-,17-/m1/s1. The third-order valence-corrected chi connectivity index (χ3v) is 4.87. The van der Waals surface area contributed by atoms with E-state index in [9.17, 15) is 9.59 Å². The Kier molecular flexibility index (Phi) is 6.37. The molecule has 2 amide bonds. The second kappa shape index (κ2) is 7.99. The number of carbonyl (C=O) groups is 2. The van der Waals surface area contributed by atoms with Gasteiger partial charge in [-0.3, -0.25) is 9.69 Å². The van der Waals surface area contributed by atoms with E-state index in [-0.39, 0.29) is 30.0 Å². The maximum Gasteiger partial charge on any atom is 0.410 e. The fourth-order valence-corrected chi connectivity index (χ4v) is 3.55. The van der Waals surface area contributed by atoms with Gasteiger partial charge >= 0.3 is 6.09 Å². The summed E-state index contributed by atoms with van der Waals surface area (Å²) >= 11 is 3.50. The molecule has 144 valence electrons. The van der Waals surface area contributed by atoms with Crippen molar-refractivity contribution in [3.63, 3.8) is 0 Å². The smallest absolute Gasteiger partial charge is 0.410 e. The van der Waals surface area contributed by atoms with Gasteiger partial charge in [0.15, 0.2) is 0 Å². The van der Waals surface area contributed by atoms with Gasteiger partial charge in [0.25, 0.3) is 0 Å². The second-order valence-electron chi connectivity index (χ2n) is 8.20. The summed E-state index contributed by atoms with van der Waals surface area (Å²) in [5.41, 5.74) is 0.422. The third kappa shape index (κ3) is 5.00. The maximum absolute atomic E-state index is 12.8. The van der Waals surface area contributed by atoms with Gasteiger partial charge in [-0.2, -0.15) is 0 Å². The molecule has 1 aromatic rings. The van der Waals surface area contributed by atoms with Crippen molar-refractivity contribution in [1.82, 2.24) is 9.80 Å². The Morgan fingerprint density at radius 1 is 1.19 bits per heavy atom. The molecule has 2 rings (SSSR count). The Bertz CT molecular complexity index is 669. The fourth-order valence-electron chi connectivity index (χ4n) is 3.14. The minimum atomic E-state index is -0.562. The van der Waals surface area contributed by atoms with Crippen LogP contribution in [0, 0.1) is 5.92 Å². The van der Waals surface area contributed by atoms with Crippen LogP contribution in [0.3, 0.4) is 0 Å². The highest BCUT2D eigenvalue weighted by molar-refractivity contribution is 9.10. The van der Waals surface area contributed by atoms with Crippen LogP contribution in [0.25, 0.3) is 0 Å². The number of benzene rings is 1. The Hall–Kier alpha value is -1.56. The number of hydrogen-bond donors (Lipinski definition) is 0. The van der Waals surface area contributed by atoms with Crippen LogP contribution in [-0.4, -0.2) is 46.5 Å². The number of piperazine rings is 1. The quantitative estimate of drug-likeness (QED) is 0.695. The molecule has 0 aromatic heterocycles. The number of hydrogen-bond acceptors (Lipinski definition) is 3. The molecule has 0 unspecified atom stereocenters. The van der Waals surface area contributed by atoms with Crippen LogP contribution >= 0.6 is 15.9 Å². The Labute approximate surface area is 164 Å². The first kappa shape index (κ1) is 20.7. The molecular weight excluding hydrogens is 396 g/mol. The fraction of sp³-hybridized carbons (Fsp3) is 0.600. The zero-order valence-electron chi connectivity index (χ0n) is 16.5. The van der Waals surface area contributed by atoms with Crippen LogP contribution in [0.2, 0.25) is 0 Å². The molecule has 26 heavy (non-hydrogen) atoms. The molecule has 1 aliphatic rings. The van der Waals surface area contributed by atoms with E-state index in [1.165, 1.54) is 0 Å². The minimum absolute atomic E-state index is 0.0548. The Morgan fingerprint density at radius 2 is 1.85 bits per heavy atom. The summed E-state index contributed by atoms with van der Waals surface area (Å²) in [4.78, 5) is 29.1. The van der Waals surface area contributed by atoms with Crippen molar-refractivity contribution in [2.24, 2.45) is 5.92 Å². The number of nitrogens with zero attached hydrogens (tertiary/aromatic N) is 2. The molecule has 0 aliphatic carbocycles. The van der Waals surface area contributed by atoms with E-state index in [1.54, 1.807) is 4.90 Å². The van der Waals surface area contributed by atoms with Crippen LogP contribution in [-0.2, 0) is 9.53 Å². The van der Waals surface area contributed by atoms with Crippen LogP contribution in [0.15, 0.2) is 28.7 Å². The molecule has 0 saturated carbocycles. The molecule has 6 heteroatoms. The topological polar surface area (TPSA) is 49.9 Å². The Balaban J connectivity index is 2.36. The van der Waals surface area contributed by atoms with Gasteiger partial charge in [0.2, 0.25) is 5.91 Å². The summed E-state index contributed by atoms with van der Waals surface area (Å²) < 4.78 is 6.57. The highest BCUT2D eigenvalue weighted by Crippen LogP contribution is 2.31. The van der Waals surface area contributed by atoms with E-state index in [1.807, 2.05) is 70.7 Å². The van der Waals surface area contributed by atoms with Crippen LogP contribution < -0.4 is 0 Å². The van der Waals surface area contributed by atoms with Crippen molar-refractivity contribution in [2.45, 2.75) is 59.2 Å². The van der Waals surface area contributed by atoms with Gasteiger partial charge in [-0.1, -0.05) is 41.9 Å². The highest BCUT2D eigenvalue weighted by atomic mass is 79.9. The zero-order chi connectivity index (χ0) is 19.6. The van der Waals surface area contributed by atoms with Crippen molar-refractivity contribution in [1.29, 1.82) is 0 Å². The first-order chi connectivity index (χ1) is 12.0. The van der Waals surface area contributed by atoms with E-state index in [4.69, 9.17) is 4.74 Å². The van der Waals surface area contributed by atoms with Crippen molar-refractivity contribution in [3.05, 3.63) is 34.3 Å². The average molecular weight is 425 g/mol. The van der Waals surface area contributed by atoms with E-state index in [0.717, 1.165) is 10.0 Å².